The molecule has 0 saturated carbocycles. The van der Waals surface area contributed by atoms with Crippen molar-refractivity contribution in [3.8, 4) is 5.75 Å². The molecule has 17 heavy (non-hydrogen) atoms. The fraction of sp³-hybridized carbons (Fsp3) is 0.214. The minimum absolute atomic E-state index is 0.0508. The third-order valence-corrected chi connectivity index (χ3v) is 2.62. The van der Waals surface area contributed by atoms with E-state index in [-0.39, 0.29) is 5.75 Å². The number of nitrogens with zero attached hydrogens (tertiary/aromatic N) is 1. The molecule has 0 saturated heterocycles. The average Bonchev–Trinajstić information content (AvgIpc) is 2.28. The Bertz CT molecular complexity index is 488. The molecule has 0 fully saturated rings. The number of pyridine rings is 1. The lowest BCUT2D eigenvalue weighted by Gasteiger charge is -2.03. The Morgan fingerprint density at radius 3 is 2.59 bits per heavy atom. The van der Waals surface area contributed by atoms with Gasteiger partial charge in [-0.25, -0.2) is 4.39 Å². The molecule has 3 heteroatoms. The lowest BCUT2D eigenvalue weighted by Crippen LogP contribution is -1.94. The number of aromatic nitrogens is 1. The number of benzene rings is 1. The molecule has 0 atom stereocenters. The summed E-state index contributed by atoms with van der Waals surface area (Å²) in [5.74, 6) is -0.477. The quantitative estimate of drug-likeness (QED) is 0.880. The van der Waals surface area contributed by atoms with Gasteiger partial charge in [-0.1, -0.05) is 13.0 Å². The van der Waals surface area contributed by atoms with Crippen molar-refractivity contribution in [1.82, 2.24) is 4.98 Å². The Hall–Kier alpha value is -1.90. The summed E-state index contributed by atoms with van der Waals surface area (Å²) in [7, 11) is 0. The molecule has 2 rings (SSSR count). The fourth-order valence-corrected chi connectivity index (χ4v) is 1.71. The predicted octanol–water partition coefficient (Wildman–Crippen LogP) is 3.08. The molecule has 2 aromatic rings. The zero-order chi connectivity index (χ0) is 12.3. The van der Waals surface area contributed by atoms with E-state index in [2.05, 4.69) is 11.9 Å². The number of aryl methyl sites for hydroxylation is 1. The minimum atomic E-state index is -0.426. The van der Waals surface area contributed by atoms with Gasteiger partial charge < -0.3 is 5.11 Å². The van der Waals surface area contributed by atoms with Gasteiger partial charge in [-0.15, -0.1) is 0 Å². The zero-order valence-electron chi connectivity index (χ0n) is 9.65. The molecule has 1 heterocycles. The number of hydrogen-bond acceptors (Lipinski definition) is 2. The maximum atomic E-state index is 13.1. The molecule has 0 spiro atoms. The van der Waals surface area contributed by atoms with E-state index in [0.717, 1.165) is 23.7 Å². The van der Waals surface area contributed by atoms with Gasteiger partial charge in [0.25, 0.3) is 0 Å². The van der Waals surface area contributed by atoms with Crippen LogP contribution in [-0.2, 0) is 12.8 Å². The van der Waals surface area contributed by atoms with Gasteiger partial charge in [-0.2, -0.15) is 0 Å². The number of halogens is 1. The van der Waals surface area contributed by atoms with Gasteiger partial charge in [0.05, 0.1) is 0 Å². The van der Waals surface area contributed by atoms with E-state index < -0.39 is 5.82 Å². The minimum Gasteiger partial charge on any atom is -0.508 e. The van der Waals surface area contributed by atoms with Crippen LogP contribution in [0.2, 0.25) is 0 Å². The van der Waals surface area contributed by atoms with Crippen molar-refractivity contribution < 1.29 is 9.50 Å². The molecule has 0 bridgehead atoms. The van der Waals surface area contributed by atoms with Crippen molar-refractivity contribution >= 4 is 0 Å². The molecule has 2 nitrogen and oxygen atoms in total. The maximum absolute atomic E-state index is 13.1. The smallest absolute Gasteiger partial charge is 0.127 e. The van der Waals surface area contributed by atoms with Crippen LogP contribution in [0.4, 0.5) is 4.39 Å². The van der Waals surface area contributed by atoms with Crippen molar-refractivity contribution in [2.75, 3.05) is 0 Å². The van der Waals surface area contributed by atoms with Crippen LogP contribution in [0.5, 0.6) is 5.75 Å². The Morgan fingerprint density at radius 1 is 1.18 bits per heavy atom. The summed E-state index contributed by atoms with van der Waals surface area (Å²) in [6.07, 6.45) is 3.30. The summed E-state index contributed by atoms with van der Waals surface area (Å²) in [5, 5.41) is 9.29. The molecule has 0 aliphatic carbocycles. The van der Waals surface area contributed by atoms with E-state index in [1.807, 2.05) is 18.3 Å². The second kappa shape index (κ2) is 4.95. The van der Waals surface area contributed by atoms with E-state index in [9.17, 15) is 9.50 Å². The summed E-state index contributed by atoms with van der Waals surface area (Å²) in [6, 6.07) is 8.01. The summed E-state index contributed by atoms with van der Waals surface area (Å²) in [4.78, 5) is 4.30. The molecule has 0 aliphatic heterocycles. The first-order chi connectivity index (χ1) is 8.17. The van der Waals surface area contributed by atoms with E-state index in [0.29, 0.717) is 6.42 Å². The molecule has 0 unspecified atom stereocenters. The number of hydrogen-bond donors (Lipinski definition) is 1. The first kappa shape index (κ1) is 11.6. The molecule has 1 aromatic heterocycles. The summed E-state index contributed by atoms with van der Waals surface area (Å²) < 4.78 is 13.1. The molecular formula is C14H14FNO. The highest BCUT2D eigenvalue weighted by molar-refractivity contribution is 5.31. The molecule has 88 valence electrons. The second-order valence-corrected chi connectivity index (χ2v) is 4.01. The Labute approximate surface area is 99.8 Å². The van der Waals surface area contributed by atoms with Crippen LogP contribution in [0.1, 0.15) is 23.7 Å². The van der Waals surface area contributed by atoms with Gasteiger partial charge in [0.15, 0.2) is 0 Å². The molecule has 0 radical (unpaired) electrons. The van der Waals surface area contributed by atoms with E-state index in [1.54, 1.807) is 6.07 Å². The highest BCUT2D eigenvalue weighted by atomic mass is 19.1. The molecule has 0 aliphatic rings. The van der Waals surface area contributed by atoms with Gasteiger partial charge in [0, 0.05) is 24.4 Å². The molecule has 1 aromatic carbocycles. The van der Waals surface area contributed by atoms with Crippen LogP contribution in [-0.4, -0.2) is 10.1 Å². The monoisotopic (exact) mass is 231 g/mol. The number of phenols is 1. The van der Waals surface area contributed by atoms with Gasteiger partial charge in [0.1, 0.15) is 11.6 Å². The normalized spacial score (nSPS) is 10.5. The second-order valence-electron chi connectivity index (χ2n) is 4.01. The summed E-state index contributed by atoms with van der Waals surface area (Å²) in [5.41, 5.74) is 2.77. The number of phenolic OH excluding ortho intramolecular Hbond substituents is 1. The lowest BCUT2D eigenvalue weighted by molar-refractivity contribution is 0.468. The zero-order valence-corrected chi connectivity index (χ0v) is 9.65. The highest BCUT2D eigenvalue weighted by Crippen LogP contribution is 2.17. The van der Waals surface area contributed by atoms with Gasteiger partial charge in [0.2, 0.25) is 0 Å². The predicted molar refractivity (Wildman–Crippen MR) is 64.5 cm³/mol. The van der Waals surface area contributed by atoms with Gasteiger partial charge in [-0.05, 0) is 35.7 Å². The Kier molecular flexibility index (Phi) is 3.38. The first-order valence-electron chi connectivity index (χ1n) is 5.59. The van der Waals surface area contributed by atoms with Crippen LogP contribution >= 0.6 is 0 Å². The van der Waals surface area contributed by atoms with Crippen molar-refractivity contribution in [1.29, 1.82) is 0 Å². The SMILES string of the molecule is CCc1ccc(Cc2cc(O)cc(F)c2)nc1. The van der Waals surface area contributed by atoms with Gasteiger partial charge >= 0.3 is 0 Å². The van der Waals surface area contributed by atoms with Crippen LogP contribution < -0.4 is 0 Å². The largest absolute Gasteiger partial charge is 0.508 e. The molecule has 1 N–H and O–H groups in total. The standard InChI is InChI=1S/C14H14FNO/c1-2-10-3-4-13(16-9-10)6-11-5-12(15)8-14(17)7-11/h3-5,7-9,17H,2,6H2,1H3. The average molecular weight is 231 g/mol. The van der Waals surface area contributed by atoms with Crippen molar-refractivity contribution in [2.24, 2.45) is 0 Å². The maximum Gasteiger partial charge on any atom is 0.127 e. The Morgan fingerprint density at radius 2 is 2.00 bits per heavy atom. The number of rotatable bonds is 3. The number of aromatic hydroxyl groups is 1. The topological polar surface area (TPSA) is 33.1 Å². The van der Waals surface area contributed by atoms with Crippen LogP contribution in [0.25, 0.3) is 0 Å². The summed E-state index contributed by atoms with van der Waals surface area (Å²) >= 11 is 0. The third-order valence-electron chi connectivity index (χ3n) is 2.62. The third kappa shape index (κ3) is 3.03. The first-order valence-corrected chi connectivity index (χ1v) is 5.59. The van der Waals surface area contributed by atoms with E-state index in [4.69, 9.17) is 0 Å². The molecule has 0 amide bonds. The summed E-state index contributed by atoms with van der Waals surface area (Å²) in [6.45, 7) is 2.07. The van der Waals surface area contributed by atoms with E-state index >= 15 is 0 Å². The van der Waals surface area contributed by atoms with Crippen molar-refractivity contribution in [3.05, 3.63) is 59.2 Å². The van der Waals surface area contributed by atoms with Crippen molar-refractivity contribution in [2.45, 2.75) is 19.8 Å². The highest BCUT2D eigenvalue weighted by Gasteiger charge is 2.02. The van der Waals surface area contributed by atoms with E-state index in [1.165, 1.54) is 11.6 Å². The van der Waals surface area contributed by atoms with Gasteiger partial charge in [-0.3, -0.25) is 4.98 Å². The fourth-order valence-electron chi connectivity index (χ4n) is 1.71. The van der Waals surface area contributed by atoms with Crippen LogP contribution in [0.15, 0.2) is 36.5 Å². The van der Waals surface area contributed by atoms with Crippen LogP contribution in [0, 0.1) is 5.82 Å². The van der Waals surface area contributed by atoms with Crippen molar-refractivity contribution in [3.63, 3.8) is 0 Å². The Balaban J connectivity index is 2.19. The molecular weight excluding hydrogens is 217 g/mol. The van der Waals surface area contributed by atoms with Crippen LogP contribution in [0.3, 0.4) is 0 Å². The lowest BCUT2D eigenvalue weighted by atomic mass is 10.1.